The van der Waals surface area contributed by atoms with Gasteiger partial charge in [0.1, 0.15) is 0 Å². The number of carbonyl (C=O) groups excluding carboxylic acids is 1. The van der Waals surface area contributed by atoms with E-state index in [-0.39, 0.29) is 11.2 Å². The molecule has 0 bridgehead atoms. The van der Waals surface area contributed by atoms with Gasteiger partial charge in [-0.15, -0.1) is 0 Å². The van der Waals surface area contributed by atoms with Gasteiger partial charge in [-0.05, 0) is 34.4 Å². The predicted molar refractivity (Wildman–Crippen MR) is 82.2 cm³/mol. The van der Waals surface area contributed by atoms with E-state index >= 15 is 0 Å². The van der Waals surface area contributed by atoms with Crippen molar-refractivity contribution in [1.82, 2.24) is 0 Å². The third-order valence-electron chi connectivity index (χ3n) is 3.34. The number of thiophene rings is 1. The lowest BCUT2D eigenvalue weighted by Gasteiger charge is -2.19. The van der Waals surface area contributed by atoms with Gasteiger partial charge in [0.25, 0.3) is 0 Å². The van der Waals surface area contributed by atoms with Gasteiger partial charge in [-0.3, -0.25) is 4.79 Å². The van der Waals surface area contributed by atoms with Crippen LogP contribution in [0.15, 0.2) is 35.0 Å². The Morgan fingerprint density at radius 3 is 2.21 bits per heavy atom. The molecule has 0 atom stereocenters. The molecule has 0 radical (unpaired) electrons. The molecule has 0 spiro atoms. The molecule has 0 amide bonds. The van der Waals surface area contributed by atoms with Gasteiger partial charge in [-0.1, -0.05) is 45.0 Å². The average molecular weight is 272 g/mol. The number of Topliss-reactive ketones (excluding diaryl/α,β-unsaturated/α-hetero) is 1. The van der Waals surface area contributed by atoms with Crippen LogP contribution < -0.4 is 0 Å². The zero-order valence-corrected chi connectivity index (χ0v) is 12.8. The molecule has 2 rings (SSSR count). The zero-order chi connectivity index (χ0) is 14.0. The van der Waals surface area contributed by atoms with Crippen LogP contribution in [0.1, 0.15) is 47.8 Å². The predicted octanol–water partition coefficient (Wildman–Crippen LogP) is 4.78. The lowest BCUT2D eigenvalue weighted by atomic mass is 9.86. The van der Waals surface area contributed by atoms with Crippen LogP contribution in [0.5, 0.6) is 0 Å². The van der Waals surface area contributed by atoms with Crippen LogP contribution in [0, 0.1) is 6.92 Å². The van der Waals surface area contributed by atoms with E-state index in [4.69, 9.17) is 0 Å². The largest absolute Gasteiger partial charge is 0.294 e. The first-order valence-corrected chi connectivity index (χ1v) is 7.47. The summed E-state index contributed by atoms with van der Waals surface area (Å²) in [6.45, 7) is 8.58. The van der Waals surface area contributed by atoms with Crippen LogP contribution >= 0.6 is 11.3 Å². The number of rotatable bonds is 3. The molecular weight excluding hydrogens is 252 g/mol. The standard InChI is InChI=1S/C17H20OS/c1-12-10-19-11-15(12)16(18)9-13-5-7-14(8-6-13)17(2,3)4/h5-8,10-11H,9H2,1-4H3. The normalized spacial score (nSPS) is 11.6. The monoisotopic (exact) mass is 272 g/mol. The minimum Gasteiger partial charge on any atom is -0.294 e. The Bertz CT molecular complexity index is 570. The second-order valence-corrected chi connectivity index (χ2v) is 6.76. The summed E-state index contributed by atoms with van der Waals surface area (Å²) in [5.74, 6) is 0.210. The Kier molecular flexibility index (Phi) is 3.91. The lowest BCUT2D eigenvalue weighted by molar-refractivity contribution is 0.0993. The van der Waals surface area contributed by atoms with Gasteiger partial charge in [-0.25, -0.2) is 0 Å². The molecule has 1 aromatic carbocycles. The molecule has 0 unspecified atom stereocenters. The first-order chi connectivity index (χ1) is 8.88. The van der Waals surface area contributed by atoms with Crippen molar-refractivity contribution >= 4 is 17.1 Å². The summed E-state index contributed by atoms with van der Waals surface area (Å²) in [6, 6.07) is 8.40. The maximum Gasteiger partial charge on any atom is 0.168 e. The second-order valence-electron chi connectivity index (χ2n) is 6.02. The van der Waals surface area contributed by atoms with Crippen molar-refractivity contribution in [3.63, 3.8) is 0 Å². The minimum atomic E-state index is 0.159. The van der Waals surface area contributed by atoms with Gasteiger partial charge in [0.15, 0.2) is 5.78 Å². The molecule has 0 fully saturated rings. The van der Waals surface area contributed by atoms with Crippen molar-refractivity contribution in [3.8, 4) is 0 Å². The van der Waals surface area contributed by atoms with E-state index in [1.165, 1.54) is 5.56 Å². The smallest absolute Gasteiger partial charge is 0.168 e. The Balaban J connectivity index is 2.12. The Morgan fingerprint density at radius 1 is 1.11 bits per heavy atom. The average Bonchev–Trinajstić information content (AvgIpc) is 2.75. The van der Waals surface area contributed by atoms with Crippen molar-refractivity contribution in [1.29, 1.82) is 0 Å². The summed E-state index contributed by atoms with van der Waals surface area (Å²) in [4.78, 5) is 12.2. The van der Waals surface area contributed by atoms with E-state index in [1.54, 1.807) is 11.3 Å². The molecular formula is C17H20OS. The Morgan fingerprint density at radius 2 is 1.74 bits per heavy atom. The number of carbonyl (C=O) groups is 1. The van der Waals surface area contributed by atoms with Gasteiger partial charge in [0, 0.05) is 17.4 Å². The van der Waals surface area contributed by atoms with Crippen LogP contribution in [0.4, 0.5) is 0 Å². The molecule has 1 aromatic heterocycles. The maximum atomic E-state index is 12.2. The molecule has 100 valence electrons. The maximum absolute atomic E-state index is 12.2. The molecule has 0 aliphatic rings. The molecule has 2 heteroatoms. The summed E-state index contributed by atoms with van der Waals surface area (Å²) in [6.07, 6.45) is 0.488. The van der Waals surface area contributed by atoms with E-state index in [0.717, 1.165) is 16.7 Å². The Labute approximate surface area is 119 Å². The molecule has 1 nitrogen and oxygen atoms in total. The number of hydrogen-bond acceptors (Lipinski definition) is 2. The Hall–Kier alpha value is -1.41. The third-order valence-corrected chi connectivity index (χ3v) is 4.20. The molecule has 0 aliphatic carbocycles. The van der Waals surface area contributed by atoms with Crippen LogP contribution in [-0.4, -0.2) is 5.78 Å². The quantitative estimate of drug-likeness (QED) is 0.735. The molecule has 2 aromatic rings. The summed E-state index contributed by atoms with van der Waals surface area (Å²) < 4.78 is 0. The van der Waals surface area contributed by atoms with E-state index in [1.807, 2.05) is 17.7 Å². The van der Waals surface area contributed by atoms with Crippen molar-refractivity contribution in [2.45, 2.75) is 39.5 Å². The number of aryl methyl sites for hydroxylation is 1. The highest BCUT2D eigenvalue weighted by Gasteiger charge is 2.14. The highest BCUT2D eigenvalue weighted by Crippen LogP contribution is 2.23. The highest BCUT2D eigenvalue weighted by atomic mass is 32.1. The van der Waals surface area contributed by atoms with Crippen LogP contribution in [0.2, 0.25) is 0 Å². The fourth-order valence-corrected chi connectivity index (χ4v) is 2.90. The molecule has 0 aliphatic heterocycles. The summed E-state index contributed by atoms with van der Waals surface area (Å²) >= 11 is 1.59. The van der Waals surface area contributed by atoms with E-state index in [2.05, 4.69) is 45.0 Å². The van der Waals surface area contributed by atoms with Crippen LogP contribution in [0.3, 0.4) is 0 Å². The second kappa shape index (κ2) is 5.30. The van der Waals surface area contributed by atoms with Gasteiger partial charge >= 0.3 is 0 Å². The molecule has 0 saturated carbocycles. The number of hydrogen-bond donors (Lipinski definition) is 0. The van der Waals surface area contributed by atoms with E-state index < -0.39 is 0 Å². The fraction of sp³-hybridized carbons (Fsp3) is 0.353. The third kappa shape index (κ3) is 3.32. The van der Waals surface area contributed by atoms with Crippen LogP contribution in [-0.2, 0) is 11.8 Å². The van der Waals surface area contributed by atoms with Gasteiger partial charge in [0.05, 0.1) is 0 Å². The number of benzene rings is 1. The lowest BCUT2D eigenvalue weighted by Crippen LogP contribution is -2.11. The SMILES string of the molecule is Cc1cscc1C(=O)Cc1ccc(C(C)(C)C)cc1. The molecule has 1 heterocycles. The van der Waals surface area contributed by atoms with E-state index in [9.17, 15) is 4.79 Å². The summed E-state index contributed by atoms with van der Waals surface area (Å²) in [5.41, 5.74) is 4.50. The molecule has 0 saturated heterocycles. The first kappa shape index (κ1) is 14.0. The summed E-state index contributed by atoms with van der Waals surface area (Å²) in [5, 5.41) is 3.97. The van der Waals surface area contributed by atoms with Crippen molar-refractivity contribution in [3.05, 3.63) is 57.3 Å². The number of ketones is 1. The van der Waals surface area contributed by atoms with Crippen molar-refractivity contribution in [2.75, 3.05) is 0 Å². The summed E-state index contributed by atoms with van der Waals surface area (Å²) in [7, 11) is 0. The molecule has 0 N–H and O–H groups in total. The first-order valence-electron chi connectivity index (χ1n) is 6.53. The fourth-order valence-electron chi connectivity index (χ4n) is 2.05. The van der Waals surface area contributed by atoms with Crippen molar-refractivity contribution in [2.24, 2.45) is 0 Å². The van der Waals surface area contributed by atoms with Gasteiger partial charge in [-0.2, -0.15) is 11.3 Å². The zero-order valence-electron chi connectivity index (χ0n) is 12.0. The molecule has 19 heavy (non-hydrogen) atoms. The topological polar surface area (TPSA) is 17.1 Å². The van der Waals surface area contributed by atoms with Crippen LogP contribution in [0.25, 0.3) is 0 Å². The minimum absolute atomic E-state index is 0.159. The van der Waals surface area contributed by atoms with Crippen molar-refractivity contribution < 1.29 is 4.79 Å². The van der Waals surface area contributed by atoms with Gasteiger partial charge < -0.3 is 0 Å². The van der Waals surface area contributed by atoms with Gasteiger partial charge in [0.2, 0.25) is 0 Å². The van der Waals surface area contributed by atoms with E-state index in [0.29, 0.717) is 6.42 Å². The highest BCUT2D eigenvalue weighted by molar-refractivity contribution is 7.08.